The van der Waals surface area contributed by atoms with Crippen LogP contribution in [0, 0.1) is 0 Å². The summed E-state index contributed by atoms with van der Waals surface area (Å²) in [6, 6.07) is 16.7. The van der Waals surface area contributed by atoms with Gasteiger partial charge in [-0.25, -0.2) is 18.3 Å². The molecule has 1 fully saturated rings. The summed E-state index contributed by atoms with van der Waals surface area (Å²) < 4.78 is 41.7. The van der Waals surface area contributed by atoms with E-state index in [1.807, 2.05) is 36.4 Å². The van der Waals surface area contributed by atoms with Crippen molar-refractivity contribution in [2.45, 2.75) is 18.3 Å². The molecule has 1 unspecified atom stereocenters. The van der Waals surface area contributed by atoms with Crippen LogP contribution in [0.3, 0.4) is 0 Å². The van der Waals surface area contributed by atoms with Crippen LogP contribution in [0.15, 0.2) is 60.8 Å². The van der Waals surface area contributed by atoms with Crippen LogP contribution in [0.2, 0.25) is 0 Å². The van der Waals surface area contributed by atoms with Crippen LogP contribution < -0.4 is 20.1 Å². The maximum atomic E-state index is 14.4. The van der Waals surface area contributed by atoms with Gasteiger partial charge in [0, 0.05) is 5.56 Å². The summed E-state index contributed by atoms with van der Waals surface area (Å²) in [6.45, 7) is 0.237. The van der Waals surface area contributed by atoms with E-state index in [1.165, 1.54) is 7.11 Å². The number of nitrogens with one attached hydrogen (secondary N) is 2. The zero-order valence-corrected chi connectivity index (χ0v) is 18.9. The molecular formula is C25H25F2N5O2. The minimum absolute atomic E-state index is 0.320. The van der Waals surface area contributed by atoms with E-state index in [-0.39, 0.29) is 6.54 Å². The van der Waals surface area contributed by atoms with Crippen LogP contribution in [-0.2, 0) is 0 Å². The summed E-state index contributed by atoms with van der Waals surface area (Å²) in [5, 5.41) is 10.6. The summed E-state index contributed by atoms with van der Waals surface area (Å²) in [5.74, 6) is -2.13. The van der Waals surface area contributed by atoms with Crippen LogP contribution >= 0.6 is 0 Å². The van der Waals surface area contributed by atoms with Gasteiger partial charge in [-0.05, 0) is 54.9 Å². The van der Waals surface area contributed by atoms with Gasteiger partial charge in [0.1, 0.15) is 11.5 Å². The number of para-hydroxylation sites is 1. The third kappa shape index (κ3) is 4.03. The predicted octanol–water partition coefficient (Wildman–Crippen LogP) is 4.87. The molecule has 4 aromatic rings. The molecular weight excluding hydrogens is 440 g/mol. The summed E-state index contributed by atoms with van der Waals surface area (Å²) in [6.07, 6.45) is 2.08. The van der Waals surface area contributed by atoms with Gasteiger partial charge >= 0.3 is 0 Å². The fraction of sp³-hybridized carbons (Fsp3) is 0.280. The van der Waals surface area contributed by atoms with Crippen LogP contribution in [0.5, 0.6) is 11.5 Å². The van der Waals surface area contributed by atoms with Crippen LogP contribution in [-0.4, -0.2) is 47.8 Å². The number of halogens is 2. The van der Waals surface area contributed by atoms with Gasteiger partial charge in [-0.2, -0.15) is 0 Å². The first kappa shape index (κ1) is 22.1. The van der Waals surface area contributed by atoms with E-state index in [1.54, 1.807) is 36.0 Å². The van der Waals surface area contributed by atoms with E-state index in [0.717, 1.165) is 22.5 Å². The van der Waals surface area contributed by atoms with Crippen molar-refractivity contribution in [3.8, 4) is 22.8 Å². The first-order valence-electron chi connectivity index (χ1n) is 11.0. The van der Waals surface area contributed by atoms with Crippen molar-refractivity contribution in [3.05, 3.63) is 66.4 Å². The summed E-state index contributed by atoms with van der Waals surface area (Å²) >= 11 is 0. The van der Waals surface area contributed by atoms with E-state index in [2.05, 4.69) is 20.7 Å². The number of aromatic nitrogens is 3. The van der Waals surface area contributed by atoms with E-state index in [4.69, 9.17) is 9.47 Å². The zero-order valence-electron chi connectivity index (χ0n) is 18.9. The van der Waals surface area contributed by atoms with Gasteiger partial charge in [0.15, 0.2) is 0 Å². The predicted molar refractivity (Wildman–Crippen MR) is 126 cm³/mol. The first-order valence-corrected chi connectivity index (χ1v) is 11.0. The maximum absolute atomic E-state index is 14.4. The van der Waals surface area contributed by atoms with Crippen LogP contribution in [0.1, 0.15) is 17.9 Å². The van der Waals surface area contributed by atoms with E-state index in [9.17, 15) is 8.78 Å². The number of fused-ring (bicyclic) bond motifs is 1. The Hall–Kier alpha value is -3.72. The van der Waals surface area contributed by atoms with Gasteiger partial charge in [0.25, 0.3) is 5.92 Å². The fourth-order valence-corrected chi connectivity index (χ4v) is 4.41. The van der Waals surface area contributed by atoms with Crippen molar-refractivity contribution in [2.75, 3.05) is 32.6 Å². The number of hydrogen-bond acceptors (Lipinski definition) is 6. The Balaban J connectivity index is 1.47. The first-order chi connectivity index (χ1) is 16.5. The number of methoxy groups -OCH3 is 2. The molecule has 0 saturated carbocycles. The second kappa shape index (κ2) is 8.90. The van der Waals surface area contributed by atoms with Crippen molar-refractivity contribution in [1.29, 1.82) is 0 Å². The largest absolute Gasteiger partial charge is 0.496 e. The average Bonchev–Trinajstić information content (AvgIpc) is 3.27. The Bertz CT molecular complexity index is 1320. The van der Waals surface area contributed by atoms with Gasteiger partial charge in [-0.1, -0.05) is 18.2 Å². The molecule has 176 valence electrons. The third-order valence-corrected chi connectivity index (χ3v) is 6.14. The highest BCUT2D eigenvalue weighted by Gasteiger charge is 2.42. The summed E-state index contributed by atoms with van der Waals surface area (Å²) in [4.78, 5) is 4.40. The number of nitrogens with zero attached hydrogens (tertiary/aromatic N) is 3. The lowest BCUT2D eigenvalue weighted by molar-refractivity contribution is -0.0420. The minimum Gasteiger partial charge on any atom is -0.496 e. The molecule has 0 amide bonds. The molecule has 5 rings (SSSR count). The topological polar surface area (TPSA) is 72.7 Å². The Morgan fingerprint density at radius 3 is 2.68 bits per heavy atom. The molecule has 34 heavy (non-hydrogen) atoms. The van der Waals surface area contributed by atoms with E-state index < -0.39 is 11.8 Å². The summed E-state index contributed by atoms with van der Waals surface area (Å²) in [5.41, 5.74) is 3.72. The second-order valence-electron chi connectivity index (χ2n) is 8.20. The molecule has 2 aromatic heterocycles. The van der Waals surface area contributed by atoms with Crippen LogP contribution in [0.25, 0.3) is 16.8 Å². The second-order valence-corrected chi connectivity index (χ2v) is 8.20. The van der Waals surface area contributed by atoms with E-state index >= 15 is 0 Å². The smallest absolute Gasteiger partial charge is 0.267 e. The lowest BCUT2D eigenvalue weighted by atomic mass is 9.87. The number of piperidine rings is 1. The van der Waals surface area contributed by atoms with Crippen molar-refractivity contribution in [2.24, 2.45) is 0 Å². The standard InChI is InChI=1S/C25H25F2N5O2/c1-33-22-6-4-3-5-18(22)21-10-8-17-14-29-24(31-32(17)21)30-20-9-7-16(13-23(20)34-2)19-11-12-28-15-25(19,26)27/h3-10,13-14,19,28H,11-12,15H2,1-2H3,(H,30,31). The van der Waals surface area contributed by atoms with E-state index in [0.29, 0.717) is 35.9 Å². The third-order valence-electron chi connectivity index (χ3n) is 6.14. The fourth-order valence-electron chi connectivity index (χ4n) is 4.41. The number of rotatable bonds is 6. The van der Waals surface area contributed by atoms with Gasteiger partial charge in [-0.3, -0.25) is 0 Å². The van der Waals surface area contributed by atoms with Crippen molar-refractivity contribution >= 4 is 17.2 Å². The van der Waals surface area contributed by atoms with Gasteiger partial charge < -0.3 is 20.1 Å². The van der Waals surface area contributed by atoms with Crippen molar-refractivity contribution < 1.29 is 18.3 Å². The minimum atomic E-state index is -2.81. The molecule has 0 aliphatic carbocycles. The molecule has 1 aliphatic heterocycles. The number of ether oxygens (including phenoxy) is 2. The highest BCUT2D eigenvalue weighted by molar-refractivity contribution is 5.72. The quantitative estimate of drug-likeness (QED) is 0.423. The normalized spacial score (nSPS) is 17.5. The molecule has 7 nitrogen and oxygen atoms in total. The Labute approximate surface area is 195 Å². The highest BCUT2D eigenvalue weighted by atomic mass is 19.3. The molecule has 0 bridgehead atoms. The van der Waals surface area contributed by atoms with Gasteiger partial charge in [0.05, 0.1) is 49.8 Å². The number of hydrogen-bond donors (Lipinski definition) is 2. The Morgan fingerprint density at radius 2 is 1.88 bits per heavy atom. The lowest BCUT2D eigenvalue weighted by Gasteiger charge is -2.32. The number of anilines is 2. The summed E-state index contributed by atoms with van der Waals surface area (Å²) in [7, 11) is 3.15. The SMILES string of the molecule is COc1cc(C2CCNCC2(F)F)ccc1Nc1ncc2ccc(-c3ccccc3OC)n2n1. The molecule has 1 saturated heterocycles. The van der Waals surface area contributed by atoms with Gasteiger partial charge in [0.2, 0.25) is 5.95 Å². The molecule has 2 N–H and O–H groups in total. The molecule has 0 spiro atoms. The lowest BCUT2D eigenvalue weighted by Crippen LogP contribution is -2.44. The average molecular weight is 466 g/mol. The number of alkyl halides is 2. The number of benzene rings is 2. The molecule has 1 atom stereocenters. The van der Waals surface area contributed by atoms with Gasteiger partial charge in [-0.15, -0.1) is 5.10 Å². The monoisotopic (exact) mass is 465 g/mol. The zero-order chi connectivity index (χ0) is 23.7. The Kier molecular flexibility index (Phi) is 5.79. The molecule has 9 heteroatoms. The van der Waals surface area contributed by atoms with Crippen LogP contribution in [0.4, 0.5) is 20.4 Å². The molecule has 2 aromatic carbocycles. The van der Waals surface area contributed by atoms with Crippen molar-refractivity contribution in [1.82, 2.24) is 19.9 Å². The molecule has 3 heterocycles. The molecule has 1 aliphatic rings. The highest BCUT2D eigenvalue weighted by Crippen LogP contribution is 2.40. The van der Waals surface area contributed by atoms with Crippen molar-refractivity contribution in [3.63, 3.8) is 0 Å². The Morgan fingerprint density at radius 1 is 1.06 bits per heavy atom. The maximum Gasteiger partial charge on any atom is 0.267 e. The molecule has 0 radical (unpaired) electrons.